The second-order valence-electron chi connectivity index (χ2n) is 5.43. The monoisotopic (exact) mass is 263 g/mol. The first-order valence-corrected chi connectivity index (χ1v) is 7.21. The van der Waals surface area contributed by atoms with Crippen molar-refractivity contribution in [2.24, 2.45) is 0 Å². The predicted octanol–water partition coefficient (Wildman–Crippen LogP) is 3.31. The minimum atomic E-state index is -0.110. The minimum Gasteiger partial charge on any atom is -0.497 e. The second-order valence-corrected chi connectivity index (χ2v) is 5.43. The molecule has 1 aliphatic heterocycles. The molecule has 1 aromatic rings. The molecule has 2 unspecified atom stereocenters. The van der Waals surface area contributed by atoms with E-state index in [-0.39, 0.29) is 11.6 Å². The minimum absolute atomic E-state index is 0.110. The molecular formula is C16H25NO2. The van der Waals surface area contributed by atoms with Gasteiger partial charge >= 0.3 is 0 Å². The van der Waals surface area contributed by atoms with Crippen molar-refractivity contribution in [3.05, 3.63) is 29.8 Å². The first-order valence-electron chi connectivity index (χ1n) is 7.21. The molecular weight excluding hydrogens is 238 g/mol. The van der Waals surface area contributed by atoms with Crippen molar-refractivity contribution < 1.29 is 9.47 Å². The highest BCUT2D eigenvalue weighted by Gasteiger charge is 2.39. The van der Waals surface area contributed by atoms with Crippen LogP contribution in [0, 0.1) is 0 Å². The van der Waals surface area contributed by atoms with Crippen LogP contribution < -0.4 is 10.1 Å². The van der Waals surface area contributed by atoms with Crippen molar-refractivity contribution in [2.45, 2.75) is 44.8 Å². The van der Waals surface area contributed by atoms with Crippen LogP contribution >= 0.6 is 0 Å². The highest BCUT2D eigenvalue weighted by atomic mass is 16.5. The maximum absolute atomic E-state index is 6.02. The van der Waals surface area contributed by atoms with Gasteiger partial charge in [-0.15, -0.1) is 0 Å². The van der Waals surface area contributed by atoms with Gasteiger partial charge < -0.3 is 14.8 Å². The molecule has 2 atom stereocenters. The largest absolute Gasteiger partial charge is 0.497 e. The van der Waals surface area contributed by atoms with Crippen LogP contribution in [0.2, 0.25) is 0 Å². The zero-order chi connectivity index (χ0) is 13.7. The van der Waals surface area contributed by atoms with Crippen LogP contribution in [0.3, 0.4) is 0 Å². The highest BCUT2D eigenvalue weighted by Crippen LogP contribution is 2.38. The topological polar surface area (TPSA) is 30.5 Å². The third-order valence-electron chi connectivity index (χ3n) is 3.89. The van der Waals surface area contributed by atoms with Crippen LogP contribution in [0.5, 0.6) is 5.75 Å². The van der Waals surface area contributed by atoms with Gasteiger partial charge in [-0.05, 0) is 50.4 Å². The lowest BCUT2D eigenvalue weighted by atomic mass is 9.87. The zero-order valence-corrected chi connectivity index (χ0v) is 12.2. The average Bonchev–Trinajstić information content (AvgIpc) is 2.87. The Morgan fingerprint density at radius 1 is 1.47 bits per heavy atom. The Kier molecular flexibility index (Phi) is 4.83. The van der Waals surface area contributed by atoms with Crippen LogP contribution in [-0.4, -0.2) is 25.9 Å². The van der Waals surface area contributed by atoms with Crippen molar-refractivity contribution >= 4 is 0 Å². The van der Waals surface area contributed by atoms with Gasteiger partial charge in [0.15, 0.2) is 0 Å². The SMILES string of the molecule is CCCNC(c1cccc(OC)c1)C1(C)CCCO1. The van der Waals surface area contributed by atoms with E-state index in [9.17, 15) is 0 Å². The van der Waals surface area contributed by atoms with Gasteiger partial charge in [0.1, 0.15) is 5.75 Å². The molecule has 0 amide bonds. The van der Waals surface area contributed by atoms with E-state index in [1.54, 1.807) is 7.11 Å². The summed E-state index contributed by atoms with van der Waals surface area (Å²) in [5.41, 5.74) is 1.14. The van der Waals surface area contributed by atoms with E-state index in [1.807, 2.05) is 12.1 Å². The fraction of sp³-hybridized carbons (Fsp3) is 0.625. The van der Waals surface area contributed by atoms with Gasteiger partial charge in [0, 0.05) is 6.61 Å². The summed E-state index contributed by atoms with van der Waals surface area (Å²) in [6, 6.07) is 8.53. The Balaban J connectivity index is 2.25. The van der Waals surface area contributed by atoms with Crippen LogP contribution in [0.25, 0.3) is 0 Å². The second kappa shape index (κ2) is 6.40. The van der Waals surface area contributed by atoms with Crippen LogP contribution in [0.4, 0.5) is 0 Å². The van der Waals surface area contributed by atoms with Gasteiger partial charge in [0.2, 0.25) is 0 Å². The molecule has 1 aromatic carbocycles. The summed E-state index contributed by atoms with van der Waals surface area (Å²) < 4.78 is 11.4. The number of benzene rings is 1. The molecule has 2 rings (SSSR count). The molecule has 0 aromatic heterocycles. The molecule has 0 saturated carbocycles. The molecule has 0 aliphatic carbocycles. The Morgan fingerprint density at radius 3 is 2.95 bits per heavy atom. The summed E-state index contributed by atoms with van der Waals surface area (Å²) in [7, 11) is 1.71. The number of hydrogen-bond acceptors (Lipinski definition) is 3. The molecule has 1 aliphatic rings. The van der Waals surface area contributed by atoms with E-state index < -0.39 is 0 Å². The van der Waals surface area contributed by atoms with Crippen LogP contribution in [0.1, 0.15) is 44.7 Å². The first-order chi connectivity index (χ1) is 9.19. The van der Waals surface area contributed by atoms with E-state index in [0.29, 0.717) is 0 Å². The summed E-state index contributed by atoms with van der Waals surface area (Å²) in [5.74, 6) is 0.905. The highest BCUT2D eigenvalue weighted by molar-refractivity contribution is 5.32. The molecule has 0 radical (unpaired) electrons. The number of hydrogen-bond donors (Lipinski definition) is 1. The Bertz CT molecular complexity index is 399. The fourth-order valence-corrected chi connectivity index (χ4v) is 2.82. The molecule has 3 nitrogen and oxygen atoms in total. The Labute approximate surface area is 116 Å². The molecule has 1 N–H and O–H groups in total. The van der Waals surface area contributed by atoms with E-state index in [1.165, 1.54) is 5.56 Å². The number of ether oxygens (including phenoxy) is 2. The maximum atomic E-state index is 6.02. The van der Waals surface area contributed by atoms with Crippen molar-refractivity contribution in [3.63, 3.8) is 0 Å². The number of rotatable bonds is 6. The summed E-state index contributed by atoms with van der Waals surface area (Å²) in [4.78, 5) is 0. The van der Waals surface area contributed by atoms with Gasteiger partial charge in [0.05, 0.1) is 18.8 Å². The third-order valence-corrected chi connectivity index (χ3v) is 3.89. The molecule has 1 saturated heterocycles. The molecule has 1 fully saturated rings. The standard InChI is InChI=1S/C16H25NO2/c1-4-10-17-15(16(2)9-6-11-19-16)13-7-5-8-14(12-13)18-3/h5,7-8,12,15,17H,4,6,9-11H2,1-3H3. The first kappa shape index (κ1) is 14.4. The molecule has 106 valence electrons. The van der Waals surface area contributed by atoms with E-state index >= 15 is 0 Å². The molecule has 0 spiro atoms. The van der Waals surface area contributed by atoms with E-state index in [0.717, 1.165) is 38.2 Å². The molecule has 0 bridgehead atoms. The van der Waals surface area contributed by atoms with Crippen LogP contribution in [0.15, 0.2) is 24.3 Å². The van der Waals surface area contributed by atoms with Crippen molar-refractivity contribution in [3.8, 4) is 5.75 Å². The van der Waals surface area contributed by atoms with Crippen molar-refractivity contribution in [2.75, 3.05) is 20.3 Å². The lowest BCUT2D eigenvalue weighted by Crippen LogP contribution is -2.41. The third kappa shape index (κ3) is 3.28. The molecule has 1 heterocycles. The molecule has 3 heteroatoms. The van der Waals surface area contributed by atoms with Crippen LogP contribution in [-0.2, 0) is 4.74 Å². The van der Waals surface area contributed by atoms with Crippen molar-refractivity contribution in [1.29, 1.82) is 0 Å². The number of nitrogens with one attached hydrogen (secondary N) is 1. The fourth-order valence-electron chi connectivity index (χ4n) is 2.82. The zero-order valence-electron chi connectivity index (χ0n) is 12.2. The lowest BCUT2D eigenvalue weighted by Gasteiger charge is -2.34. The quantitative estimate of drug-likeness (QED) is 0.854. The Hall–Kier alpha value is -1.06. The lowest BCUT2D eigenvalue weighted by molar-refractivity contribution is -0.0125. The average molecular weight is 263 g/mol. The predicted molar refractivity (Wildman–Crippen MR) is 77.6 cm³/mol. The van der Waals surface area contributed by atoms with Gasteiger partial charge in [0.25, 0.3) is 0 Å². The van der Waals surface area contributed by atoms with Gasteiger partial charge in [-0.3, -0.25) is 0 Å². The smallest absolute Gasteiger partial charge is 0.119 e. The summed E-state index contributed by atoms with van der Waals surface area (Å²) in [5, 5.41) is 3.64. The summed E-state index contributed by atoms with van der Waals surface area (Å²) in [6.07, 6.45) is 3.37. The Morgan fingerprint density at radius 2 is 2.32 bits per heavy atom. The normalized spacial score (nSPS) is 24.4. The van der Waals surface area contributed by atoms with Crippen molar-refractivity contribution in [1.82, 2.24) is 5.32 Å². The summed E-state index contributed by atoms with van der Waals surface area (Å²) >= 11 is 0. The van der Waals surface area contributed by atoms with Gasteiger partial charge in [-0.2, -0.15) is 0 Å². The summed E-state index contributed by atoms with van der Waals surface area (Å²) in [6.45, 7) is 6.27. The van der Waals surface area contributed by atoms with E-state index in [2.05, 4.69) is 31.3 Å². The maximum Gasteiger partial charge on any atom is 0.119 e. The molecule has 19 heavy (non-hydrogen) atoms. The van der Waals surface area contributed by atoms with Gasteiger partial charge in [-0.25, -0.2) is 0 Å². The van der Waals surface area contributed by atoms with E-state index in [4.69, 9.17) is 9.47 Å². The van der Waals surface area contributed by atoms with Gasteiger partial charge in [-0.1, -0.05) is 19.1 Å². The number of methoxy groups -OCH3 is 1.